The number of carbonyl (C=O) groups excluding carboxylic acids is 2. The summed E-state index contributed by atoms with van der Waals surface area (Å²) in [4.78, 5) is 23.5. The number of hydrogen-bond acceptors (Lipinski definition) is 5. The molecule has 24 heavy (non-hydrogen) atoms. The summed E-state index contributed by atoms with van der Waals surface area (Å²) in [6.07, 6.45) is 4.17. The van der Waals surface area contributed by atoms with Crippen molar-refractivity contribution in [3.8, 4) is 0 Å². The zero-order chi connectivity index (χ0) is 18.0. The minimum absolute atomic E-state index is 0.0418. The van der Waals surface area contributed by atoms with Crippen molar-refractivity contribution in [2.24, 2.45) is 0 Å². The molecule has 0 aliphatic carbocycles. The van der Waals surface area contributed by atoms with Gasteiger partial charge in [-0.15, -0.1) is 0 Å². The maximum absolute atomic E-state index is 11.9. The quantitative estimate of drug-likeness (QED) is 0.488. The third kappa shape index (κ3) is 6.67. The van der Waals surface area contributed by atoms with Gasteiger partial charge in [-0.2, -0.15) is 0 Å². The zero-order valence-electron chi connectivity index (χ0n) is 14.0. The average molecular weight is 356 g/mol. The average Bonchev–Trinajstić information content (AvgIpc) is 2.59. The highest BCUT2D eigenvalue weighted by atomic mass is 32.2. The Labute approximate surface area is 142 Å². The third-order valence-electron chi connectivity index (χ3n) is 3.34. The van der Waals surface area contributed by atoms with Gasteiger partial charge in [-0.3, -0.25) is 4.79 Å². The Balaban J connectivity index is 2.48. The Hall–Kier alpha value is -1.93. The lowest BCUT2D eigenvalue weighted by atomic mass is 10.2. The number of esters is 1. The fraction of sp³-hybridized carbons (Fsp3) is 0.500. The normalized spacial score (nSPS) is 11.1. The smallest absolute Gasteiger partial charge is 0.338 e. The molecule has 1 amide bonds. The van der Waals surface area contributed by atoms with Gasteiger partial charge in [0.05, 0.1) is 10.5 Å². The van der Waals surface area contributed by atoms with E-state index < -0.39 is 22.6 Å². The van der Waals surface area contributed by atoms with Crippen LogP contribution in [0, 0.1) is 0 Å². The van der Waals surface area contributed by atoms with E-state index in [-0.39, 0.29) is 16.4 Å². The van der Waals surface area contributed by atoms with Crippen LogP contribution in [-0.2, 0) is 19.6 Å². The lowest BCUT2D eigenvalue weighted by Crippen LogP contribution is -2.29. The molecular formula is C16H24N2O5S. The highest BCUT2D eigenvalue weighted by Gasteiger charge is 2.15. The number of hydrogen-bond donors (Lipinski definition) is 2. The number of rotatable bonds is 10. The Morgan fingerprint density at radius 3 is 2.58 bits per heavy atom. The molecule has 0 aromatic heterocycles. The summed E-state index contributed by atoms with van der Waals surface area (Å²) in [6, 6.07) is 5.44. The van der Waals surface area contributed by atoms with Gasteiger partial charge in [0, 0.05) is 6.54 Å². The Kier molecular flexibility index (Phi) is 8.42. The zero-order valence-corrected chi connectivity index (χ0v) is 14.8. The van der Waals surface area contributed by atoms with E-state index >= 15 is 0 Å². The predicted octanol–water partition coefficient (Wildman–Crippen LogP) is 1.45. The van der Waals surface area contributed by atoms with Crippen molar-refractivity contribution in [3.05, 3.63) is 29.8 Å². The molecule has 0 heterocycles. The number of benzene rings is 1. The van der Waals surface area contributed by atoms with Crippen molar-refractivity contribution in [1.29, 1.82) is 0 Å². The predicted molar refractivity (Wildman–Crippen MR) is 90.1 cm³/mol. The van der Waals surface area contributed by atoms with Crippen LogP contribution in [0.3, 0.4) is 0 Å². The molecule has 0 aliphatic rings. The standard InChI is InChI=1S/C16H24N2O5S/c1-3-4-5-6-10-18-15(19)12-23-16(20)13-8-7-9-14(11-13)24(21,22)17-2/h7-9,11,17H,3-6,10,12H2,1-2H3,(H,18,19). The largest absolute Gasteiger partial charge is 0.452 e. The third-order valence-corrected chi connectivity index (χ3v) is 4.75. The summed E-state index contributed by atoms with van der Waals surface area (Å²) in [7, 11) is -2.36. The first-order valence-electron chi connectivity index (χ1n) is 7.88. The maximum Gasteiger partial charge on any atom is 0.338 e. The van der Waals surface area contributed by atoms with Gasteiger partial charge >= 0.3 is 5.97 Å². The van der Waals surface area contributed by atoms with Crippen molar-refractivity contribution in [2.45, 2.75) is 37.5 Å². The molecule has 0 bridgehead atoms. The van der Waals surface area contributed by atoms with Crippen LogP contribution in [0.15, 0.2) is 29.2 Å². The summed E-state index contributed by atoms with van der Waals surface area (Å²) >= 11 is 0. The first-order chi connectivity index (χ1) is 11.4. The van der Waals surface area contributed by atoms with Crippen LogP contribution in [-0.4, -0.2) is 40.5 Å². The lowest BCUT2D eigenvalue weighted by Gasteiger charge is -2.08. The van der Waals surface area contributed by atoms with Crippen molar-refractivity contribution >= 4 is 21.9 Å². The van der Waals surface area contributed by atoms with E-state index in [9.17, 15) is 18.0 Å². The molecule has 0 saturated heterocycles. The molecule has 0 spiro atoms. The summed E-state index contributed by atoms with van der Waals surface area (Å²) in [5.41, 5.74) is 0.0714. The van der Waals surface area contributed by atoms with E-state index in [0.29, 0.717) is 6.54 Å². The number of amides is 1. The summed E-state index contributed by atoms with van der Waals surface area (Å²) in [5.74, 6) is -1.12. The maximum atomic E-state index is 11.9. The van der Waals surface area contributed by atoms with E-state index in [1.807, 2.05) is 0 Å². The monoisotopic (exact) mass is 356 g/mol. The van der Waals surface area contributed by atoms with Crippen LogP contribution in [0.25, 0.3) is 0 Å². The first kappa shape index (κ1) is 20.1. The molecule has 134 valence electrons. The van der Waals surface area contributed by atoms with Crippen LogP contribution < -0.4 is 10.0 Å². The highest BCUT2D eigenvalue weighted by molar-refractivity contribution is 7.89. The van der Waals surface area contributed by atoms with Crippen LogP contribution >= 0.6 is 0 Å². The molecule has 1 aromatic rings. The van der Waals surface area contributed by atoms with Crippen LogP contribution in [0.5, 0.6) is 0 Å². The molecule has 0 radical (unpaired) electrons. The second-order valence-corrected chi connectivity index (χ2v) is 7.11. The van der Waals surface area contributed by atoms with E-state index in [0.717, 1.165) is 25.7 Å². The van der Waals surface area contributed by atoms with Crippen molar-refractivity contribution in [3.63, 3.8) is 0 Å². The molecule has 8 heteroatoms. The minimum Gasteiger partial charge on any atom is -0.452 e. The van der Waals surface area contributed by atoms with Crippen molar-refractivity contribution in [2.75, 3.05) is 20.2 Å². The van der Waals surface area contributed by atoms with Crippen LogP contribution in [0.4, 0.5) is 0 Å². The number of carbonyl (C=O) groups is 2. The van der Waals surface area contributed by atoms with Gasteiger partial charge in [-0.25, -0.2) is 17.9 Å². The fourth-order valence-corrected chi connectivity index (χ4v) is 2.73. The molecular weight excluding hydrogens is 332 g/mol. The Morgan fingerprint density at radius 1 is 1.17 bits per heavy atom. The molecule has 0 saturated carbocycles. The molecule has 0 fully saturated rings. The van der Waals surface area contributed by atoms with Crippen molar-refractivity contribution in [1.82, 2.24) is 10.0 Å². The van der Waals surface area contributed by atoms with Crippen LogP contribution in [0.1, 0.15) is 43.0 Å². The van der Waals surface area contributed by atoms with Gasteiger partial charge in [-0.05, 0) is 31.7 Å². The fourth-order valence-electron chi connectivity index (χ4n) is 1.95. The van der Waals surface area contributed by atoms with E-state index in [1.54, 1.807) is 0 Å². The van der Waals surface area contributed by atoms with Gasteiger partial charge in [0.25, 0.3) is 5.91 Å². The molecule has 0 aliphatic heterocycles. The summed E-state index contributed by atoms with van der Waals surface area (Å²) < 4.78 is 30.5. The van der Waals surface area contributed by atoms with Crippen LogP contribution in [0.2, 0.25) is 0 Å². The number of sulfonamides is 1. The molecule has 1 rings (SSSR count). The molecule has 0 unspecified atom stereocenters. The van der Waals surface area contributed by atoms with Gasteiger partial charge in [0.1, 0.15) is 0 Å². The second-order valence-electron chi connectivity index (χ2n) is 5.22. The Morgan fingerprint density at radius 2 is 1.92 bits per heavy atom. The number of ether oxygens (including phenoxy) is 1. The van der Waals surface area contributed by atoms with E-state index in [4.69, 9.17) is 4.74 Å². The lowest BCUT2D eigenvalue weighted by molar-refractivity contribution is -0.124. The number of unbranched alkanes of at least 4 members (excludes halogenated alkanes) is 3. The van der Waals surface area contributed by atoms with Gasteiger partial charge in [0.2, 0.25) is 10.0 Å². The molecule has 0 atom stereocenters. The SMILES string of the molecule is CCCCCCNC(=O)COC(=O)c1cccc(S(=O)(=O)NC)c1. The minimum atomic E-state index is -3.64. The highest BCUT2D eigenvalue weighted by Crippen LogP contribution is 2.12. The molecule has 7 nitrogen and oxygen atoms in total. The first-order valence-corrected chi connectivity index (χ1v) is 9.36. The van der Waals surface area contributed by atoms with Gasteiger partial charge < -0.3 is 10.1 Å². The van der Waals surface area contributed by atoms with E-state index in [2.05, 4.69) is 17.0 Å². The second kappa shape index (κ2) is 10.0. The molecule has 1 aromatic carbocycles. The van der Waals surface area contributed by atoms with E-state index in [1.165, 1.54) is 31.3 Å². The molecule has 2 N–H and O–H groups in total. The van der Waals surface area contributed by atoms with Crippen molar-refractivity contribution < 1.29 is 22.7 Å². The van der Waals surface area contributed by atoms with Gasteiger partial charge in [-0.1, -0.05) is 32.3 Å². The van der Waals surface area contributed by atoms with Gasteiger partial charge in [0.15, 0.2) is 6.61 Å². The summed E-state index contributed by atoms with van der Waals surface area (Å²) in [5, 5.41) is 2.67. The topological polar surface area (TPSA) is 102 Å². The Bertz CT molecular complexity index is 658. The summed E-state index contributed by atoms with van der Waals surface area (Å²) in [6.45, 7) is 2.26. The number of nitrogens with one attached hydrogen (secondary N) is 2.